The summed E-state index contributed by atoms with van der Waals surface area (Å²) in [6.07, 6.45) is -0.303. The van der Waals surface area contributed by atoms with E-state index in [0.29, 0.717) is 18.7 Å². The molecule has 0 aliphatic carbocycles. The molecule has 28 heavy (non-hydrogen) atoms. The predicted octanol–water partition coefficient (Wildman–Crippen LogP) is 3.35. The van der Waals surface area contributed by atoms with Gasteiger partial charge in [0.05, 0.1) is 17.1 Å². The molecule has 0 saturated carbocycles. The van der Waals surface area contributed by atoms with E-state index in [1.807, 2.05) is 45.9 Å². The highest BCUT2D eigenvalue weighted by molar-refractivity contribution is 7.89. The predicted molar refractivity (Wildman–Crippen MR) is 109 cm³/mol. The van der Waals surface area contributed by atoms with Crippen LogP contribution in [-0.2, 0) is 14.8 Å². The zero-order valence-electron chi connectivity index (χ0n) is 16.6. The van der Waals surface area contributed by atoms with Gasteiger partial charge in [0.2, 0.25) is 10.0 Å². The van der Waals surface area contributed by atoms with Gasteiger partial charge >= 0.3 is 0 Å². The van der Waals surface area contributed by atoms with Crippen LogP contribution < -0.4 is 5.32 Å². The summed E-state index contributed by atoms with van der Waals surface area (Å²) in [5.41, 5.74) is 3.24. The van der Waals surface area contributed by atoms with Crippen LogP contribution in [0, 0.1) is 13.8 Å². The number of morpholine rings is 1. The van der Waals surface area contributed by atoms with E-state index in [-0.39, 0.29) is 23.0 Å². The maximum Gasteiger partial charge on any atom is 0.255 e. The maximum absolute atomic E-state index is 12.9. The SMILES string of the molecule is Cc1ccc(NC(=O)c2ccc(S(=O)(=O)N3CC(C)OC(C)C3)cc2)c(C)c1. The molecular weight excluding hydrogens is 376 g/mol. The summed E-state index contributed by atoms with van der Waals surface area (Å²) < 4.78 is 32.8. The highest BCUT2D eigenvalue weighted by atomic mass is 32.2. The Morgan fingerprint density at radius 3 is 2.21 bits per heavy atom. The minimum atomic E-state index is -3.62. The number of carbonyl (C=O) groups excluding carboxylic acids is 1. The molecule has 2 atom stereocenters. The molecule has 2 aromatic carbocycles. The largest absolute Gasteiger partial charge is 0.373 e. The van der Waals surface area contributed by atoms with Crippen molar-refractivity contribution in [3.8, 4) is 0 Å². The molecule has 2 unspecified atom stereocenters. The molecule has 6 nitrogen and oxygen atoms in total. The van der Waals surface area contributed by atoms with E-state index >= 15 is 0 Å². The highest BCUT2D eigenvalue weighted by Gasteiger charge is 2.32. The van der Waals surface area contributed by atoms with Gasteiger partial charge in [-0.2, -0.15) is 4.31 Å². The van der Waals surface area contributed by atoms with Crippen molar-refractivity contribution in [2.75, 3.05) is 18.4 Å². The molecule has 150 valence electrons. The lowest BCUT2D eigenvalue weighted by atomic mass is 10.1. The summed E-state index contributed by atoms with van der Waals surface area (Å²) in [4.78, 5) is 12.7. The first-order chi connectivity index (χ1) is 13.2. The molecule has 1 aliphatic rings. The number of rotatable bonds is 4. The van der Waals surface area contributed by atoms with Crippen molar-refractivity contribution in [2.45, 2.75) is 44.8 Å². The van der Waals surface area contributed by atoms with E-state index in [0.717, 1.165) is 16.8 Å². The number of hydrogen-bond donors (Lipinski definition) is 1. The van der Waals surface area contributed by atoms with E-state index in [1.165, 1.54) is 16.4 Å². The van der Waals surface area contributed by atoms with Crippen molar-refractivity contribution in [1.29, 1.82) is 0 Å². The second kappa shape index (κ2) is 8.03. The summed E-state index contributed by atoms with van der Waals surface area (Å²) in [5.74, 6) is -0.274. The molecule has 7 heteroatoms. The summed E-state index contributed by atoms with van der Waals surface area (Å²) in [7, 11) is -3.62. The fourth-order valence-electron chi connectivity index (χ4n) is 3.40. The van der Waals surface area contributed by atoms with Crippen LogP contribution >= 0.6 is 0 Å². The third kappa shape index (κ3) is 4.43. The third-order valence-corrected chi connectivity index (χ3v) is 6.62. The van der Waals surface area contributed by atoms with Crippen molar-refractivity contribution in [1.82, 2.24) is 4.31 Å². The van der Waals surface area contributed by atoms with Gasteiger partial charge in [-0.1, -0.05) is 17.7 Å². The average molecular weight is 403 g/mol. The summed E-state index contributed by atoms with van der Waals surface area (Å²) in [5, 5.41) is 2.87. The Labute approximate surface area is 166 Å². The van der Waals surface area contributed by atoms with Gasteiger partial charge in [0.15, 0.2) is 0 Å². The van der Waals surface area contributed by atoms with Crippen LogP contribution in [0.3, 0.4) is 0 Å². The molecule has 1 amide bonds. The van der Waals surface area contributed by atoms with Crippen molar-refractivity contribution in [2.24, 2.45) is 0 Å². The number of benzene rings is 2. The normalized spacial score (nSPS) is 20.7. The number of sulfonamides is 1. The number of ether oxygens (including phenoxy) is 1. The summed E-state index contributed by atoms with van der Waals surface area (Å²) in [6.45, 7) is 8.29. The van der Waals surface area contributed by atoms with Crippen LogP contribution in [0.1, 0.15) is 35.3 Å². The minimum Gasteiger partial charge on any atom is -0.373 e. The molecule has 1 fully saturated rings. The standard InChI is InChI=1S/C21H26N2O4S/c1-14-5-10-20(15(2)11-14)22-21(24)18-6-8-19(9-7-18)28(25,26)23-12-16(3)27-17(4)13-23/h5-11,16-17H,12-13H2,1-4H3,(H,22,24). The number of hydrogen-bond acceptors (Lipinski definition) is 4. The molecule has 1 heterocycles. The van der Waals surface area contributed by atoms with E-state index in [4.69, 9.17) is 4.74 Å². The highest BCUT2D eigenvalue weighted by Crippen LogP contribution is 2.22. The van der Waals surface area contributed by atoms with Crippen molar-refractivity contribution < 1.29 is 17.9 Å². The number of nitrogens with one attached hydrogen (secondary N) is 1. The third-order valence-electron chi connectivity index (χ3n) is 4.77. The molecule has 1 saturated heterocycles. The number of amides is 1. The molecule has 2 aromatic rings. The number of nitrogens with zero attached hydrogens (tertiary/aromatic N) is 1. The molecule has 0 aromatic heterocycles. The number of carbonyl (C=O) groups is 1. The second-order valence-corrected chi connectivity index (χ2v) is 9.31. The van der Waals surface area contributed by atoms with Gasteiger partial charge < -0.3 is 10.1 Å². The Morgan fingerprint density at radius 1 is 1.04 bits per heavy atom. The van der Waals surface area contributed by atoms with Crippen LogP contribution in [0.25, 0.3) is 0 Å². The molecule has 0 radical (unpaired) electrons. The first kappa shape index (κ1) is 20.5. The molecule has 1 N–H and O–H groups in total. The molecule has 1 aliphatic heterocycles. The van der Waals surface area contributed by atoms with Gasteiger partial charge in [0.25, 0.3) is 5.91 Å². The van der Waals surface area contributed by atoms with Crippen LogP contribution in [0.2, 0.25) is 0 Å². The first-order valence-electron chi connectivity index (χ1n) is 9.31. The van der Waals surface area contributed by atoms with Crippen molar-refractivity contribution in [3.63, 3.8) is 0 Å². The Bertz CT molecular complexity index is 960. The molecule has 3 rings (SSSR count). The average Bonchev–Trinajstić information content (AvgIpc) is 2.63. The summed E-state index contributed by atoms with van der Waals surface area (Å²) >= 11 is 0. The molecular formula is C21H26N2O4S. The van der Waals surface area contributed by atoms with Gasteiger partial charge in [-0.05, 0) is 63.6 Å². The zero-order valence-corrected chi connectivity index (χ0v) is 17.4. The van der Waals surface area contributed by atoms with Crippen LogP contribution in [-0.4, -0.2) is 43.9 Å². The Kier molecular flexibility index (Phi) is 5.88. The van der Waals surface area contributed by atoms with Crippen LogP contribution in [0.15, 0.2) is 47.4 Å². The van der Waals surface area contributed by atoms with E-state index in [1.54, 1.807) is 12.1 Å². The monoisotopic (exact) mass is 402 g/mol. The number of aryl methyl sites for hydroxylation is 2. The van der Waals surface area contributed by atoms with Gasteiger partial charge in [0.1, 0.15) is 0 Å². The van der Waals surface area contributed by atoms with Crippen LogP contribution in [0.5, 0.6) is 0 Å². The molecule has 0 bridgehead atoms. The Balaban J connectivity index is 1.76. The summed E-state index contributed by atoms with van der Waals surface area (Å²) in [6, 6.07) is 11.8. The topological polar surface area (TPSA) is 75.7 Å². The lowest BCUT2D eigenvalue weighted by molar-refractivity contribution is -0.0440. The minimum absolute atomic E-state index is 0.152. The zero-order chi connectivity index (χ0) is 20.5. The van der Waals surface area contributed by atoms with E-state index in [2.05, 4.69) is 5.32 Å². The second-order valence-electron chi connectivity index (χ2n) is 7.38. The Hall–Kier alpha value is -2.22. The van der Waals surface area contributed by atoms with Gasteiger partial charge in [-0.15, -0.1) is 0 Å². The fourth-order valence-corrected chi connectivity index (χ4v) is 4.99. The van der Waals surface area contributed by atoms with Gasteiger partial charge in [0, 0.05) is 24.3 Å². The van der Waals surface area contributed by atoms with Gasteiger partial charge in [-0.25, -0.2) is 8.42 Å². The van der Waals surface area contributed by atoms with E-state index < -0.39 is 10.0 Å². The van der Waals surface area contributed by atoms with Crippen LogP contribution in [0.4, 0.5) is 5.69 Å². The Morgan fingerprint density at radius 2 is 1.64 bits per heavy atom. The maximum atomic E-state index is 12.9. The van der Waals surface area contributed by atoms with Gasteiger partial charge in [-0.3, -0.25) is 4.79 Å². The number of anilines is 1. The van der Waals surface area contributed by atoms with Crippen molar-refractivity contribution >= 4 is 21.6 Å². The quantitative estimate of drug-likeness (QED) is 0.851. The first-order valence-corrected chi connectivity index (χ1v) is 10.7. The lowest BCUT2D eigenvalue weighted by Crippen LogP contribution is -2.48. The fraction of sp³-hybridized carbons (Fsp3) is 0.381. The van der Waals surface area contributed by atoms with E-state index in [9.17, 15) is 13.2 Å². The molecule has 0 spiro atoms. The lowest BCUT2D eigenvalue weighted by Gasteiger charge is -2.34. The van der Waals surface area contributed by atoms with Crippen molar-refractivity contribution in [3.05, 3.63) is 59.2 Å². The smallest absolute Gasteiger partial charge is 0.255 e.